The van der Waals surface area contributed by atoms with E-state index in [0.717, 1.165) is 19.6 Å². The molecule has 1 aromatic carbocycles. The van der Waals surface area contributed by atoms with Crippen LogP contribution in [0.2, 0.25) is 0 Å². The van der Waals surface area contributed by atoms with Gasteiger partial charge in [0.05, 0.1) is 0 Å². The van der Waals surface area contributed by atoms with Crippen LogP contribution in [0, 0.1) is 5.92 Å². The number of nitrogens with zero attached hydrogens (tertiary/aromatic N) is 2. The lowest BCUT2D eigenvalue weighted by Crippen LogP contribution is -2.36. The van der Waals surface area contributed by atoms with Gasteiger partial charge in [-0.3, -0.25) is 4.90 Å². The van der Waals surface area contributed by atoms with Crippen molar-refractivity contribution in [2.75, 3.05) is 38.2 Å². The normalized spacial score (nSPS) is 23.7. The minimum atomic E-state index is 0.339. The fraction of sp³-hybridized carbons (Fsp3) is 0.625. The lowest BCUT2D eigenvalue weighted by Gasteiger charge is -2.31. The third-order valence-corrected chi connectivity index (χ3v) is 4.54. The average molecular weight is 260 g/mol. The Morgan fingerprint density at radius 2 is 2.21 bits per heavy atom. The zero-order valence-corrected chi connectivity index (χ0v) is 11.8. The highest BCUT2D eigenvalue weighted by molar-refractivity contribution is 5.58. The molecule has 0 aromatic heterocycles. The van der Waals surface area contributed by atoms with Crippen molar-refractivity contribution in [2.45, 2.75) is 25.8 Å². The molecule has 3 rings (SSSR count). The first-order chi connectivity index (χ1) is 9.26. The van der Waals surface area contributed by atoms with Gasteiger partial charge in [-0.1, -0.05) is 12.1 Å². The number of aliphatic hydroxyl groups excluding tert-OH is 1. The molecule has 3 heteroatoms. The molecule has 1 unspecified atom stereocenters. The Morgan fingerprint density at radius 1 is 1.32 bits per heavy atom. The number of anilines is 1. The highest BCUT2D eigenvalue weighted by Gasteiger charge is 2.20. The molecule has 104 valence electrons. The summed E-state index contributed by atoms with van der Waals surface area (Å²) in [5.41, 5.74) is 4.32. The van der Waals surface area contributed by atoms with Crippen LogP contribution < -0.4 is 4.90 Å². The van der Waals surface area contributed by atoms with Gasteiger partial charge in [0.2, 0.25) is 0 Å². The molecule has 1 saturated heterocycles. The number of hydrogen-bond donors (Lipinski definition) is 1. The molecule has 2 aliphatic rings. The van der Waals surface area contributed by atoms with Crippen LogP contribution in [0.3, 0.4) is 0 Å². The summed E-state index contributed by atoms with van der Waals surface area (Å²) in [7, 11) is 2.17. The van der Waals surface area contributed by atoms with Gasteiger partial charge in [0.15, 0.2) is 0 Å². The number of benzene rings is 1. The molecule has 2 aliphatic heterocycles. The van der Waals surface area contributed by atoms with E-state index in [1.54, 1.807) is 0 Å². The van der Waals surface area contributed by atoms with Crippen LogP contribution in [0.1, 0.15) is 24.0 Å². The van der Waals surface area contributed by atoms with Crippen molar-refractivity contribution in [3.05, 3.63) is 29.3 Å². The number of hydrogen-bond acceptors (Lipinski definition) is 3. The van der Waals surface area contributed by atoms with Crippen molar-refractivity contribution in [3.8, 4) is 0 Å². The molecule has 0 radical (unpaired) electrons. The van der Waals surface area contributed by atoms with Crippen LogP contribution in [-0.2, 0) is 13.0 Å². The second-order valence-corrected chi connectivity index (χ2v) is 6.06. The van der Waals surface area contributed by atoms with Gasteiger partial charge in [-0.05, 0) is 48.9 Å². The molecule has 3 nitrogen and oxygen atoms in total. The molecule has 0 amide bonds. The number of piperidine rings is 1. The highest BCUT2D eigenvalue weighted by atomic mass is 16.3. The number of likely N-dealkylation sites (tertiary alicyclic amines) is 1. The summed E-state index contributed by atoms with van der Waals surface area (Å²) in [5.74, 6) is 0.481. The van der Waals surface area contributed by atoms with Gasteiger partial charge in [-0.15, -0.1) is 0 Å². The smallest absolute Gasteiger partial charge is 0.0471 e. The summed E-state index contributed by atoms with van der Waals surface area (Å²) in [6, 6.07) is 6.91. The van der Waals surface area contributed by atoms with Crippen LogP contribution in [-0.4, -0.2) is 43.3 Å². The molecule has 0 spiro atoms. The van der Waals surface area contributed by atoms with Crippen LogP contribution >= 0.6 is 0 Å². The Morgan fingerprint density at radius 3 is 3.05 bits per heavy atom. The third kappa shape index (κ3) is 2.77. The maximum atomic E-state index is 9.30. The van der Waals surface area contributed by atoms with Gasteiger partial charge >= 0.3 is 0 Å². The predicted octanol–water partition coefficient (Wildman–Crippen LogP) is 1.88. The van der Waals surface area contributed by atoms with E-state index in [2.05, 4.69) is 35.0 Å². The Hall–Kier alpha value is -1.06. The van der Waals surface area contributed by atoms with E-state index in [1.807, 2.05) is 0 Å². The van der Waals surface area contributed by atoms with Crippen molar-refractivity contribution in [1.82, 2.24) is 4.90 Å². The lowest BCUT2D eigenvalue weighted by molar-refractivity contribution is 0.116. The molecule has 0 aliphatic carbocycles. The van der Waals surface area contributed by atoms with Gasteiger partial charge in [0.25, 0.3) is 0 Å². The molecule has 0 saturated carbocycles. The highest BCUT2D eigenvalue weighted by Crippen LogP contribution is 2.28. The molecule has 1 fully saturated rings. The Bertz CT molecular complexity index is 446. The van der Waals surface area contributed by atoms with Gasteiger partial charge in [-0.2, -0.15) is 0 Å². The minimum absolute atomic E-state index is 0.339. The summed E-state index contributed by atoms with van der Waals surface area (Å²) < 4.78 is 0. The zero-order valence-electron chi connectivity index (χ0n) is 11.8. The summed E-state index contributed by atoms with van der Waals surface area (Å²) >= 11 is 0. The largest absolute Gasteiger partial charge is 0.396 e. The monoisotopic (exact) mass is 260 g/mol. The van der Waals surface area contributed by atoms with Crippen LogP contribution in [0.4, 0.5) is 5.69 Å². The molecule has 1 N–H and O–H groups in total. The second kappa shape index (κ2) is 5.51. The first-order valence-corrected chi connectivity index (χ1v) is 7.42. The summed E-state index contributed by atoms with van der Waals surface area (Å²) in [4.78, 5) is 4.83. The van der Waals surface area contributed by atoms with Crippen molar-refractivity contribution >= 4 is 5.69 Å². The number of likely N-dealkylation sites (N-methyl/N-ethyl adjacent to an activating group) is 1. The zero-order chi connectivity index (χ0) is 13.2. The predicted molar refractivity (Wildman–Crippen MR) is 78.5 cm³/mol. The number of rotatable bonds is 3. The molecular weight excluding hydrogens is 236 g/mol. The molecule has 0 bridgehead atoms. The minimum Gasteiger partial charge on any atom is -0.396 e. The Balaban J connectivity index is 1.67. The van der Waals surface area contributed by atoms with E-state index in [1.165, 1.54) is 42.6 Å². The maximum Gasteiger partial charge on any atom is 0.0471 e. The Labute approximate surface area is 115 Å². The van der Waals surface area contributed by atoms with E-state index in [4.69, 9.17) is 0 Å². The van der Waals surface area contributed by atoms with Gasteiger partial charge in [-0.25, -0.2) is 0 Å². The third-order valence-electron chi connectivity index (χ3n) is 4.54. The van der Waals surface area contributed by atoms with Crippen molar-refractivity contribution in [2.24, 2.45) is 5.92 Å². The molecular formula is C16H24N2O. The van der Waals surface area contributed by atoms with Crippen LogP contribution in [0.15, 0.2) is 18.2 Å². The van der Waals surface area contributed by atoms with Crippen molar-refractivity contribution < 1.29 is 5.11 Å². The van der Waals surface area contributed by atoms with Crippen molar-refractivity contribution in [3.63, 3.8) is 0 Å². The van der Waals surface area contributed by atoms with E-state index < -0.39 is 0 Å². The maximum absolute atomic E-state index is 9.30. The lowest BCUT2D eigenvalue weighted by atomic mass is 9.98. The van der Waals surface area contributed by atoms with E-state index >= 15 is 0 Å². The van der Waals surface area contributed by atoms with E-state index in [0.29, 0.717) is 12.5 Å². The van der Waals surface area contributed by atoms with Crippen LogP contribution in [0.5, 0.6) is 0 Å². The molecule has 1 aromatic rings. The topological polar surface area (TPSA) is 26.7 Å². The summed E-state index contributed by atoms with van der Waals surface area (Å²) in [6.07, 6.45) is 3.58. The Kier molecular flexibility index (Phi) is 3.76. The quantitative estimate of drug-likeness (QED) is 0.899. The van der Waals surface area contributed by atoms with Crippen LogP contribution in [0.25, 0.3) is 0 Å². The summed E-state index contributed by atoms with van der Waals surface area (Å²) in [6.45, 7) is 4.75. The van der Waals surface area contributed by atoms with Crippen molar-refractivity contribution in [1.29, 1.82) is 0 Å². The van der Waals surface area contributed by atoms with E-state index in [-0.39, 0.29) is 0 Å². The van der Waals surface area contributed by atoms with Gasteiger partial charge in [0, 0.05) is 39.0 Å². The van der Waals surface area contributed by atoms with Gasteiger partial charge < -0.3 is 10.0 Å². The second-order valence-electron chi connectivity index (χ2n) is 6.06. The molecule has 19 heavy (non-hydrogen) atoms. The molecule has 1 atom stereocenters. The number of aliphatic hydroxyl groups is 1. The fourth-order valence-corrected chi connectivity index (χ4v) is 3.42. The SMILES string of the molecule is CN1CCc2cc(CN3CCCC(CO)C3)ccc21. The first kappa shape index (κ1) is 12.9. The van der Waals surface area contributed by atoms with E-state index in [9.17, 15) is 5.11 Å². The average Bonchev–Trinajstić information content (AvgIpc) is 2.80. The van der Waals surface area contributed by atoms with Gasteiger partial charge in [0.1, 0.15) is 0 Å². The first-order valence-electron chi connectivity index (χ1n) is 7.42. The number of fused-ring (bicyclic) bond motifs is 1. The summed E-state index contributed by atoms with van der Waals surface area (Å²) in [5, 5.41) is 9.30. The fourth-order valence-electron chi connectivity index (χ4n) is 3.42. The standard InChI is InChI=1S/C16H24N2O/c1-17-8-6-15-9-13(4-5-16(15)17)10-18-7-2-3-14(11-18)12-19/h4-5,9,14,19H,2-3,6-8,10-12H2,1H3. The molecule has 2 heterocycles.